The molecule has 0 saturated heterocycles. The van der Waals surface area contributed by atoms with Crippen LogP contribution in [0, 0.1) is 0 Å². The van der Waals surface area contributed by atoms with Crippen molar-refractivity contribution < 1.29 is 0 Å². The van der Waals surface area contributed by atoms with E-state index >= 15 is 0 Å². The quantitative estimate of drug-likeness (QED) is 0.590. The summed E-state index contributed by atoms with van der Waals surface area (Å²) in [7, 11) is 0. The summed E-state index contributed by atoms with van der Waals surface area (Å²) in [6.07, 6.45) is 3.71. The van der Waals surface area contributed by atoms with Gasteiger partial charge in [0.05, 0.1) is 12.1 Å². The molecule has 0 heterocycles. The van der Waals surface area contributed by atoms with Crippen LogP contribution in [-0.4, -0.2) is 13.1 Å². The summed E-state index contributed by atoms with van der Waals surface area (Å²) in [6, 6.07) is 15.9. The first-order valence-electron chi connectivity index (χ1n) is 7.85. The van der Waals surface area contributed by atoms with E-state index in [1.807, 2.05) is 60.7 Å². The SMILES string of the molecule is C=CCN[C@H](c1ccc(Cl)cc1)[C@@H](NCC=C)c1ccc(Cl)cc1. The molecule has 2 aromatic rings. The third-order valence-electron chi connectivity index (χ3n) is 3.76. The summed E-state index contributed by atoms with van der Waals surface area (Å²) < 4.78 is 0. The van der Waals surface area contributed by atoms with Crippen LogP contribution in [0.15, 0.2) is 73.8 Å². The molecule has 0 amide bonds. The van der Waals surface area contributed by atoms with Crippen LogP contribution >= 0.6 is 23.2 Å². The Balaban J connectivity index is 2.38. The van der Waals surface area contributed by atoms with Crippen molar-refractivity contribution in [1.82, 2.24) is 10.6 Å². The second-order valence-corrected chi connectivity index (χ2v) is 6.33. The highest BCUT2D eigenvalue weighted by atomic mass is 35.5. The number of hydrogen-bond donors (Lipinski definition) is 2. The molecule has 2 N–H and O–H groups in total. The van der Waals surface area contributed by atoms with Crippen LogP contribution in [0.3, 0.4) is 0 Å². The van der Waals surface area contributed by atoms with Crippen LogP contribution in [0.1, 0.15) is 23.2 Å². The predicted molar refractivity (Wildman–Crippen MR) is 105 cm³/mol. The molecule has 2 atom stereocenters. The molecule has 2 rings (SSSR count). The van der Waals surface area contributed by atoms with Crippen LogP contribution in [0.25, 0.3) is 0 Å². The second kappa shape index (κ2) is 9.65. The Morgan fingerprint density at radius 3 is 1.33 bits per heavy atom. The monoisotopic (exact) mass is 360 g/mol. The molecule has 2 nitrogen and oxygen atoms in total. The number of nitrogens with one attached hydrogen (secondary N) is 2. The van der Waals surface area contributed by atoms with Gasteiger partial charge >= 0.3 is 0 Å². The zero-order valence-corrected chi connectivity index (χ0v) is 15.0. The summed E-state index contributed by atoms with van der Waals surface area (Å²) in [4.78, 5) is 0. The molecular weight excluding hydrogens is 339 g/mol. The first-order valence-corrected chi connectivity index (χ1v) is 8.60. The highest BCUT2D eigenvalue weighted by Gasteiger charge is 2.23. The average Bonchev–Trinajstić information content (AvgIpc) is 2.60. The first-order chi connectivity index (χ1) is 11.7. The average molecular weight is 361 g/mol. The summed E-state index contributed by atoms with van der Waals surface area (Å²) in [5.41, 5.74) is 2.30. The third-order valence-corrected chi connectivity index (χ3v) is 4.26. The fourth-order valence-corrected chi connectivity index (χ4v) is 2.87. The van der Waals surface area contributed by atoms with Gasteiger partial charge in [-0.05, 0) is 35.4 Å². The lowest BCUT2D eigenvalue weighted by molar-refractivity contribution is 0.409. The first kappa shape index (κ1) is 18.8. The van der Waals surface area contributed by atoms with Gasteiger partial charge in [0.1, 0.15) is 0 Å². The predicted octanol–water partition coefficient (Wildman–Crippen LogP) is 5.33. The third kappa shape index (κ3) is 5.22. The summed E-state index contributed by atoms with van der Waals surface area (Å²) in [5.74, 6) is 0. The van der Waals surface area contributed by atoms with E-state index in [1.165, 1.54) is 0 Å². The van der Waals surface area contributed by atoms with E-state index in [1.54, 1.807) is 0 Å². The minimum absolute atomic E-state index is 0.0568. The highest BCUT2D eigenvalue weighted by Crippen LogP contribution is 2.30. The minimum Gasteiger partial charge on any atom is -0.305 e. The molecule has 0 spiro atoms. The Hall–Kier alpha value is -1.58. The van der Waals surface area contributed by atoms with E-state index in [2.05, 4.69) is 23.8 Å². The number of benzene rings is 2. The van der Waals surface area contributed by atoms with Crippen molar-refractivity contribution in [2.24, 2.45) is 0 Å². The molecule has 126 valence electrons. The van der Waals surface area contributed by atoms with Crippen molar-refractivity contribution in [1.29, 1.82) is 0 Å². The molecule has 24 heavy (non-hydrogen) atoms. The van der Waals surface area contributed by atoms with Gasteiger partial charge < -0.3 is 10.6 Å². The smallest absolute Gasteiger partial charge is 0.0520 e. The highest BCUT2D eigenvalue weighted by molar-refractivity contribution is 6.30. The van der Waals surface area contributed by atoms with Crippen molar-refractivity contribution in [2.75, 3.05) is 13.1 Å². The Bertz CT molecular complexity index is 591. The largest absolute Gasteiger partial charge is 0.305 e. The molecule has 0 unspecified atom stereocenters. The Morgan fingerprint density at radius 2 is 1.04 bits per heavy atom. The zero-order valence-electron chi connectivity index (χ0n) is 13.5. The lowest BCUT2D eigenvalue weighted by Crippen LogP contribution is -2.35. The maximum absolute atomic E-state index is 6.04. The van der Waals surface area contributed by atoms with Gasteiger partial charge in [0.2, 0.25) is 0 Å². The molecule has 0 radical (unpaired) electrons. The molecular formula is C20H22Cl2N2. The van der Waals surface area contributed by atoms with Crippen LogP contribution in [-0.2, 0) is 0 Å². The van der Waals surface area contributed by atoms with Gasteiger partial charge in [0.15, 0.2) is 0 Å². The van der Waals surface area contributed by atoms with Crippen LogP contribution in [0.2, 0.25) is 10.0 Å². The fourth-order valence-electron chi connectivity index (χ4n) is 2.62. The van der Waals surface area contributed by atoms with Gasteiger partial charge in [0, 0.05) is 23.1 Å². The maximum Gasteiger partial charge on any atom is 0.0520 e. The molecule has 0 aliphatic carbocycles. The van der Waals surface area contributed by atoms with Crippen LogP contribution < -0.4 is 10.6 Å². The molecule has 0 aliphatic heterocycles. The normalized spacial score (nSPS) is 13.2. The Kier molecular flexibility index (Phi) is 7.54. The molecule has 0 aliphatic rings. The van der Waals surface area contributed by atoms with E-state index < -0.39 is 0 Å². The summed E-state index contributed by atoms with van der Waals surface area (Å²) >= 11 is 12.1. The molecule has 0 fully saturated rings. The second-order valence-electron chi connectivity index (χ2n) is 5.45. The molecule has 0 bridgehead atoms. The van der Waals surface area contributed by atoms with Crippen molar-refractivity contribution >= 4 is 23.2 Å². The van der Waals surface area contributed by atoms with Crippen molar-refractivity contribution in [3.05, 3.63) is 95.0 Å². The van der Waals surface area contributed by atoms with E-state index in [0.717, 1.165) is 21.2 Å². The lowest BCUT2D eigenvalue weighted by Gasteiger charge is -2.30. The number of hydrogen-bond acceptors (Lipinski definition) is 2. The fraction of sp³-hybridized carbons (Fsp3) is 0.200. The van der Waals surface area contributed by atoms with E-state index in [4.69, 9.17) is 23.2 Å². The van der Waals surface area contributed by atoms with E-state index in [9.17, 15) is 0 Å². The van der Waals surface area contributed by atoms with Gasteiger partial charge in [-0.25, -0.2) is 0 Å². The van der Waals surface area contributed by atoms with Gasteiger partial charge in [-0.3, -0.25) is 0 Å². The lowest BCUT2D eigenvalue weighted by atomic mass is 9.93. The Labute approximate surface area is 154 Å². The van der Waals surface area contributed by atoms with E-state index in [0.29, 0.717) is 13.1 Å². The van der Waals surface area contributed by atoms with Gasteiger partial charge in [-0.2, -0.15) is 0 Å². The molecule has 0 aromatic heterocycles. The molecule has 2 aromatic carbocycles. The number of halogens is 2. The van der Waals surface area contributed by atoms with Crippen molar-refractivity contribution in [2.45, 2.75) is 12.1 Å². The maximum atomic E-state index is 6.04. The Morgan fingerprint density at radius 1 is 0.708 bits per heavy atom. The summed E-state index contributed by atoms with van der Waals surface area (Å²) in [6.45, 7) is 9.02. The zero-order chi connectivity index (χ0) is 17.4. The number of rotatable bonds is 9. The minimum atomic E-state index is 0.0568. The standard InChI is InChI=1S/C20H22Cl2N2/c1-3-13-23-19(15-5-9-17(21)10-6-15)20(24-14-4-2)16-7-11-18(22)12-8-16/h3-12,19-20,23-24H,1-2,13-14H2/t19-,20+. The van der Waals surface area contributed by atoms with Crippen molar-refractivity contribution in [3.63, 3.8) is 0 Å². The van der Waals surface area contributed by atoms with Gasteiger partial charge in [-0.1, -0.05) is 59.6 Å². The molecule has 4 heteroatoms. The van der Waals surface area contributed by atoms with Crippen molar-refractivity contribution in [3.8, 4) is 0 Å². The van der Waals surface area contributed by atoms with E-state index in [-0.39, 0.29) is 12.1 Å². The molecule has 0 saturated carbocycles. The topological polar surface area (TPSA) is 24.1 Å². The van der Waals surface area contributed by atoms with Gasteiger partial charge in [0.25, 0.3) is 0 Å². The summed E-state index contributed by atoms with van der Waals surface area (Å²) in [5, 5.41) is 8.52. The van der Waals surface area contributed by atoms with Crippen LogP contribution in [0.4, 0.5) is 0 Å². The van der Waals surface area contributed by atoms with Crippen LogP contribution in [0.5, 0.6) is 0 Å². The van der Waals surface area contributed by atoms with Gasteiger partial charge in [-0.15, -0.1) is 13.2 Å².